The van der Waals surface area contributed by atoms with Crippen molar-refractivity contribution in [2.45, 2.75) is 13.8 Å². The second-order valence-electron chi connectivity index (χ2n) is 5.25. The summed E-state index contributed by atoms with van der Waals surface area (Å²) >= 11 is 0. The molecule has 0 fully saturated rings. The third kappa shape index (κ3) is 2.31. The van der Waals surface area contributed by atoms with Gasteiger partial charge in [0.05, 0.1) is 11.3 Å². The van der Waals surface area contributed by atoms with Crippen LogP contribution in [0.5, 0.6) is 0 Å². The second-order valence-corrected chi connectivity index (χ2v) is 6.68. The fourth-order valence-corrected chi connectivity index (χ4v) is 3.47. The Bertz CT molecular complexity index is 847. The van der Waals surface area contributed by atoms with Gasteiger partial charge in [-0.05, 0) is 37.6 Å². The lowest BCUT2D eigenvalue weighted by Crippen LogP contribution is -2.22. The number of nitrogens with zero attached hydrogens (tertiary/aromatic N) is 1. The lowest BCUT2D eigenvalue weighted by atomic mass is 10.1. The number of hydrogen-bond acceptors (Lipinski definition) is 2. The minimum atomic E-state index is -4.72. The number of hydrogen-bond donors (Lipinski definition) is 3. The quantitative estimate of drug-likeness (QED) is 0.586. The number of carbonyl (C=O) groups excluding carboxylic acids is 1. The summed E-state index contributed by atoms with van der Waals surface area (Å²) < 4.78 is 12.2. The van der Waals surface area contributed by atoms with E-state index < -0.39 is 13.7 Å². The molecule has 22 heavy (non-hydrogen) atoms. The van der Waals surface area contributed by atoms with Gasteiger partial charge in [0.2, 0.25) is 0 Å². The summed E-state index contributed by atoms with van der Waals surface area (Å²) in [4.78, 5) is 34.5. The third-order valence-electron chi connectivity index (χ3n) is 3.58. The molecule has 0 saturated heterocycles. The average Bonchev–Trinajstić information content (AvgIpc) is 2.87. The fourth-order valence-electron chi connectivity index (χ4n) is 2.67. The Balaban J connectivity index is 2.20. The van der Waals surface area contributed by atoms with Gasteiger partial charge in [-0.2, -0.15) is 0 Å². The van der Waals surface area contributed by atoms with Gasteiger partial charge >= 0.3 is 7.75 Å². The van der Waals surface area contributed by atoms with E-state index in [-0.39, 0.29) is 11.3 Å². The zero-order chi connectivity index (χ0) is 16.1. The van der Waals surface area contributed by atoms with Crippen LogP contribution in [0.1, 0.15) is 22.5 Å². The van der Waals surface area contributed by atoms with Crippen LogP contribution in [0.15, 0.2) is 30.3 Å². The Hall–Kier alpha value is -2.14. The van der Waals surface area contributed by atoms with E-state index in [2.05, 4.69) is 4.98 Å². The maximum Gasteiger partial charge on any atom is 0.437 e. The summed E-state index contributed by atoms with van der Waals surface area (Å²) in [5.41, 5.74) is 3.68. The van der Waals surface area contributed by atoms with Crippen molar-refractivity contribution in [1.29, 1.82) is 0 Å². The number of aryl methyl sites for hydroxylation is 2. The van der Waals surface area contributed by atoms with Crippen LogP contribution in [0, 0.1) is 13.8 Å². The van der Waals surface area contributed by atoms with Gasteiger partial charge in [0.1, 0.15) is 0 Å². The van der Waals surface area contributed by atoms with E-state index in [1.807, 2.05) is 19.9 Å². The number of para-hydroxylation sites is 1. The predicted octanol–water partition coefficient (Wildman–Crippen LogP) is 2.61. The summed E-state index contributed by atoms with van der Waals surface area (Å²) in [6.45, 7) is 3.81. The standard InChI is InChI=1S/C15H15N2O4P/c1-9-7-10(2)16-13(9)8-12-11-5-3-4-6-14(11)17(15(12)18)22(19,20)21/h3-8,16H,1-2H3,(H2,19,20,21). The first-order chi connectivity index (χ1) is 10.3. The Morgan fingerprint density at radius 3 is 2.50 bits per heavy atom. The van der Waals surface area contributed by atoms with E-state index in [0.717, 1.165) is 17.0 Å². The van der Waals surface area contributed by atoms with Gasteiger partial charge in [-0.25, -0.2) is 9.24 Å². The average molecular weight is 318 g/mol. The van der Waals surface area contributed by atoms with Crippen LogP contribution in [-0.2, 0) is 9.36 Å². The minimum Gasteiger partial charge on any atom is -0.359 e. The molecule has 1 aromatic heterocycles. The molecule has 1 aromatic carbocycles. The monoisotopic (exact) mass is 318 g/mol. The smallest absolute Gasteiger partial charge is 0.359 e. The lowest BCUT2D eigenvalue weighted by Gasteiger charge is -2.17. The molecule has 1 aliphatic rings. The topological polar surface area (TPSA) is 93.6 Å². The Morgan fingerprint density at radius 2 is 1.91 bits per heavy atom. The van der Waals surface area contributed by atoms with Crippen LogP contribution in [0.4, 0.5) is 5.69 Å². The zero-order valence-corrected chi connectivity index (χ0v) is 13.0. The van der Waals surface area contributed by atoms with E-state index in [9.17, 15) is 19.1 Å². The number of aromatic amines is 1. The summed E-state index contributed by atoms with van der Waals surface area (Å²) in [6.07, 6.45) is 1.64. The fraction of sp³-hybridized carbons (Fsp3) is 0.133. The molecule has 0 bridgehead atoms. The number of amides is 1. The second kappa shape index (κ2) is 4.95. The molecule has 0 atom stereocenters. The van der Waals surface area contributed by atoms with Crippen molar-refractivity contribution in [2.24, 2.45) is 0 Å². The van der Waals surface area contributed by atoms with Crippen LogP contribution in [0.25, 0.3) is 11.6 Å². The molecule has 6 nitrogen and oxygen atoms in total. The van der Waals surface area contributed by atoms with Gasteiger partial charge in [-0.1, -0.05) is 18.2 Å². The van der Waals surface area contributed by atoms with Crippen LogP contribution in [0.2, 0.25) is 0 Å². The molecule has 3 rings (SSSR count). The van der Waals surface area contributed by atoms with Gasteiger partial charge in [0, 0.05) is 17.0 Å². The molecule has 0 spiro atoms. The van der Waals surface area contributed by atoms with Crippen LogP contribution in [-0.4, -0.2) is 20.7 Å². The molecule has 0 aliphatic carbocycles. The van der Waals surface area contributed by atoms with Crippen molar-refractivity contribution >= 4 is 31.0 Å². The molecule has 0 radical (unpaired) electrons. The van der Waals surface area contributed by atoms with Crippen molar-refractivity contribution in [3.05, 3.63) is 52.8 Å². The van der Waals surface area contributed by atoms with E-state index in [0.29, 0.717) is 10.2 Å². The van der Waals surface area contributed by atoms with Gasteiger partial charge in [0.25, 0.3) is 5.91 Å². The number of H-pyrrole nitrogens is 1. The van der Waals surface area contributed by atoms with Crippen molar-refractivity contribution in [2.75, 3.05) is 4.67 Å². The number of fused-ring (bicyclic) bond motifs is 1. The zero-order valence-electron chi connectivity index (χ0n) is 12.1. The first-order valence-corrected chi connectivity index (χ1v) is 8.23. The number of aromatic nitrogens is 1. The van der Waals surface area contributed by atoms with E-state index in [4.69, 9.17) is 0 Å². The summed E-state index contributed by atoms with van der Waals surface area (Å²) in [5, 5.41) is 0. The highest BCUT2D eigenvalue weighted by Gasteiger charge is 2.42. The number of benzene rings is 1. The number of rotatable bonds is 2. The molecule has 1 amide bonds. The first-order valence-electron chi connectivity index (χ1n) is 6.67. The first kappa shape index (κ1) is 14.8. The minimum absolute atomic E-state index is 0.230. The highest BCUT2D eigenvalue weighted by atomic mass is 31.2. The van der Waals surface area contributed by atoms with Crippen molar-refractivity contribution in [1.82, 2.24) is 4.98 Å². The normalized spacial score (nSPS) is 16.5. The molecule has 114 valence electrons. The predicted molar refractivity (Wildman–Crippen MR) is 84.1 cm³/mol. The van der Waals surface area contributed by atoms with Gasteiger partial charge in [-0.3, -0.25) is 4.79 Å². The summed E-state index contributed by atoms with van der Waals surface area (Å²) in [7, 11) is -4.72. The largest absolute Gasteiger partial charge is 0.437 e. The van der Waals surface area contributed by atoms with Crippen molar-refractivity contribution < 1.29 is 19.1 Å². The Kier molecular flexibility index (Phi) is 3.33. The molecule has 0 saturated carbocycles. The molecule has 1 aliphatic heterocycles. The van der Waals surface area contributed by atoms with E-state index in [1.54, 1.807) is 24.3 Å². The van der Waals surface area contributed by atoms with Crippen molar-refractivity contribution in [3.63, 3.8) is 0 Å². The SMILES string of the molecule is Cc1cc(C)c(C=C2C(=O)N(P(=O)(O)O)c3ccccc32)[nH]1. The maximum absolute atomic E-state index is 12.5. The third-order valence-corrected chi connectivity index (χ3v) is 4.50. The van der Waals surface area contributed by atoms with E-state index in [1.165, 1.54) is 6.07 Å². The van der Waals surface area contributed by atoms with Gasteiger partial charge < -0.3 is 14.8 Å². The molecule has 0 unspecified atom stereocenters. The molecular formula is C15H15N2O4P. The number of anilines is 1. The highest BCUT2D eigenvalue weighted by molar-refractivity contribution is 7.55. The lowest BCUT2D eigenvalue weighted by molar-refractivity contribution is -0.112. The Labute approximate surface area is 127 Å². The number of nitrogens with one attached hydrogen (secondary N) is 1. The highest BCUT2D eigenvalue weighted by Crippen LogP contribution is 2.52. The van der Waals surface area contributed by atoms with Crippen molar-refractivity contribution in [3.8, 4) is 0 Å². The maximum atomic E-state index is 12.5. The summed E-state index contributed by atoms with van der Waals surface area (Å²) in [6, 6.07) is 8.52. The Morgan fingerprint density at radius 1 is 1.23 bits per heavy atom. The van der Waals surface area contributed by atoms with Crippen LogP contribution < -0.4 is 4.67 Å². The molecule has 2 heterocycles. The number of carbonyl (C=O) groups is 1. The molecule has 7 heteroatoms. The summed E-state index contributed by atoms with van der Waals surface area (Å²) in [5.74, 6) is -0.693. The molecule has 2 aromatic rings. The van der Waals surface area contributed by atoms with Gasteiger partial charge in [-0.15, -0.1) is 0 Å². The van der Waals surface area contributed by atoms with E-state index >= 15 is 0 Å². The van der Waals surface area contributed by atoms with Gasteiger partial charge in [0.15, 0.2) is 0 Å². The van der Waals surface area contributed by atoms with Crippen LogP contribution in [0.3, 0.4) is 0 Å². The molecular weight excluding hydrogens is 303 g/mol. The van der Waals surface area contributed by atoms with Crippen LogP contribution >= 0.6 is 7.75 Å². The molecule has 3 N–H and O–H groups in total.